The molecule has 1 unspecified atom stereocenters. The molecule has 0 saturated carbocycles. The van der Waals surface area contributed by atoms with Crippen LogP contribution in [0.5, 0.6) is 0 Å². The van der Waals surface area contributed by atoms with Crippen LogP contribution < -0.4 is 0 Å². The highest BCUT2D eigenvalue weighted by atomic mass is 35.5. The number of imidazole rings is 1. The number of benzene rings is 3. The lowest BCUT2D eigenvalue weighted by molar-refractivity contribution is 0.0280. The van der Waals surface area contributed by atoms with Crippen molar-refractivity contribution in [1.82, 2.24) is 19.7 Å². The van der Waals surface area contributed by atoms with Gasteiger partial charge in [-0.15, -0.1) is 10.2 Å². The van der Waals surface area contributed by atoms with E-state index in [-0.39, 0.29) is 6.10 Å². The van der Waals surface area contributed by atoms with Gasteiger partial charge in [-0.05, 0) is 53.6 Å². The lowest BCUT2D eigenvalue weighted by Gasteiger charge is -2.20. The Balaban J connectivity index is 1.40. The van der Waals surface area contributed by atoms with Crippen LogP contribution in [0.2, 0.25) is 15.1 Å². The van der Waals surface area contributed by atoms with Gasteiger partial charge < -0.3 is 13.7 Å². The van der Waals surface area contributed by atoms with Crippen LogP contribution in [0.3, 0.4) is 0 Å². The zero-order chi connectivity index (χ0) is 25.8. The summed E-state index contributed by atoms with van der Waals surface area (Å²) in [4.78, 5) is 4.13. The molecule has 6 nitrogen and oxygen atoms in total. The van der Waals surface area contributed by atoms with Gasteiger partial charge in [-0.1, -0.05) is 65.7 Å². The van der Waals surface area contributed by atoms with E-state index in [9.17, 15) is 0 Å². The maximum Gasteiger partial charge on any atom is 0.248 e. The molecule has 0 bridgehead atoms. The number of hydrogen-bond acceptors (Lipinski definition) is 5. The van der Waals surface area contributed by atoms with Crippen molar-refractivity contribution in [3.63, 3.8) is 0 Å². The number of ether oxygens (including phenoxy) is 1. The molecule has 5 rings (SSSR count). The van der Waals surface area contributed by atoms with E-state index in [2.05, 4.69) is 21.8 Å². The summed E-state index contributed by atoms with van der Waals surface area (Å²) in [6, 6.07) is 18.5. The first-order chi connectivity index (χ1) is 18.0. The zero-order valence-corrected chi connectivity index (χ0v) is 21.8. The third-order valence-corrected chi connectivity index (χ3v) is 6.59. The summed E-state index contributed by atoms with van der Waals surface area (Å²) in [5, 5.41) is 10.2. The fourth-order valence-electron chi connectivity index (χ4n) is 3.88. The Kier molecular flexibility index (Phi) is 7.72. The average molecular weight is 552 g/mol. The molecule has 0 aliphatic heterocycles. The maximum absolute atomic E-state index is 6.52. The van der Waals surface area contributed by atoms with Crippen LogP contribution in [0.25, 0.3) is 29.0 Å². The first-order valence-corrected chi connectivity index (χ1v) is 12.5. The Morgan fingerprint density at radius 1 is 0.946 bits per heavy atom. The molecule has 37 heavy (non-hydrogen) atoms. The standard InChI is InChI=1S/C28H21Cl3N4O2/c1-2-19-4-3-18(13-24(19)28-34-33-27(37-28)20-5-7-21(29)8-6-20)16-36-26(15-35-12-11-32-17-35)23-10-9-22(30)14-25(23)31/h2-14,17,26H,1,15-16H2. The smallest absolute Gasteiger partial charge is 0.248 e. The van der Waals surface area contributed by atoms with Gasteiger partial charge in [0.05, 0.1) is 19.5 Å². The zero-order valence-electron chi connectivity index (χ0n) is 19.5. The van der Waals surface area contributed by atoms with E-state index in [1.165, 1.54) is 0 Å². The maximum atomic E-state index is 6.52. The summed E-state index contributed by atoms with van der Waals surface area (Å²) in [6.45, 7) is 4.78. The van der Waals surface area contributed by atoms with Gasteiger partial charge in [0, 0.05) is 44.2 Å². The summed E-state index contributed by atoms with van der Waals surface area (Å²) in [6.07, 6.45) is 6.77. The largest absolute Gasteiger partial charge is 0.416 e. The van der Waals surface area contributed by atoms with Crippen molar-refractivity contribution in [3.8, 4) is 22.9 Å². The summed E-state index contributed by atoms with van der Waals surface area (Å²) < 4.78 is 14.3. The van der Waals surface area contributed by atoms with Gasteiger partial charge in [-0.2, -0.15) is 0 Å². The Hall–Kier alpha value is -3.42. The number of aromatic nitrogens is 4. The molecular formula is C28H21Cl3N4O2. The Morgan fingerprint density at radius 3 is 2.46 bits per heavy atom. The molecule has 0 N–H and O–H groups in total. The Bertz CT molecular complexity index is 1520. The van der Waals surface area contributed by atoms with Crippen molar-refractivity contribution >= 4 is 40.9 Å². The molecule has 0 aliphatic carbocycles. The van der Waals surface area contributed by atoms with Crippen molar-refractivity contribution in [2.24, 2.45) is 0 Å². The number of rotatable bonds is 9. The lowest BCUT2D eigenvalue weighted by Crippen LogP contribution is -2.12. The van der Waals surface area contributed by atoms with E-state index in [0.29, 0.717) is 40.0 Å². The third-order valence-electron chi connectivity index (χ3n) is 5.78. The van der Waals surface area contributed by atoms with E-state index in [4.69, 9.17) is 44.0 Å². The van der Waals surface area contributed by atoms with Gasteiger partial charge in [0.2, 0.25) is 11.8 Å². The minimum absolute atomic E-state index is 0.320. The molecule has 2 heterocycles. The molecule has 0 saturated heterocycles. The second-order valence-corrected chi connectivity index (χ2v) is 9.55. The summed E-state index contributed by atoms with van der Waals surface area (Å²) in [5.41, 5.74) is 4.18. The second-order valence-electron chi connectivity index (χ2n) is 8.27. The van der Waals surface area contributed by atoms with E-state index < -0.39 is 0 Å². The fourth-order valence-corrected chi connectivity index (χ4v) is 4.54. The van der Waals surface area contributed by atoms with Crippen LogP contribution in [-0.4, -0.2) is 19.7 Å². The molecule has 0 radical (unpaired) electrons. The minimum Gasteiger partial charge on any atom is -0.416 e. The normalized spacial score (nSPS) is 12.0. The van der Waals surface area contributed by atoms with E-state index in [1.54, 1.807) is 42.9 Å². The van der Waals surface area contributed by atoms with Gasteiger partial charge in [0.15, 0.2) is 0 Å². The highest BCUT2D eigenvalue weighted by molar-refractivity contribution is 6.35. The molecule has 5 aromatic rings. The summed E-state index contributed by atoms with van der Waals surface area (Å²) in [7, 11) is 0. The third kappa shape index (κ3) is 5.95. The highest BCUT2D eigenvalue weighted by Crippen LogP contribution is 2.32. The van der Waals surface area contributed by atoms with Crippen molar-refractivity contribution in [2.75, 3.05) is 0 Å². The van der Waals surface area contributed by atoms with Crippen LogP contribution in [-0.2, 0) is 17.9 Å². The average Bonchev–Trinajstić information content (AvgIpc) is 3.60. The topological polar surface area (TPSA) is 66.0 Å². The first-order valence-electron chi connectivity index (χ1n) is 11.4. The monoisotopic (exact) mass is 550 g/mol. The number of halogens is 3. The molecule has 1 atom stereocenters. The number of nitrogens with zero attached hydrogens (tertiary/aromatic N) is 4. The van der Waals surface area contributed by atoms with Crippen LogP contribution in [0, 0.1) is 0 Å². The fraction of sp³-hybridized carbons (Fsp3) is 0.107. The lowest BCUT2D eigenvalue weighted by atomic mass is 10.0. The molecule has 0 amide bonds. The van der Waals surface area contributed by atoms with Crippen molar-refractivity contribution in [1.29, 1.82) is 0 Å². The van der Waals surface area contributed by atoms with E-state index in [0.717, 1.165) is 27.8 Å². The predicted molar refractivity (Wildman–Crippen MR) is 146 cm³/mol. The van der Waals surface area contributed by atoms with E-state index >= 15 is 0 Å². The summed E-state index contributed by atoms with van der Waals surface area (Å²) >= 11 is 18.6. The Morgan fingerprint density at radius 2 is 1.73 bits per heavy atom. The molecule has 9 heteroatoms. The Labute approximate surface area is 229 Å². The van der Waals surface area contributed by atoms with Gasteiger partial charge in [-0.3, -0.25) is 0 Å². The molecule has 0 aliphatic rings. The SMILES string of the molecule is C=Cc1ccc(COC(Cn2ccnc2)c2ccc(Cl)cc2Cl)cc1-c1nnc(-c2ccc(Cl)cc2)o1. The van der Waals surface area contributed by atoms with Crippen LogP contribution in [0.15, 0.2) is 90.4 Å². The van der Waals surface area contributed by atoms with Crippen LogP contribution in [0.1, 0.15) is 22.8 Å². The van der Waals surface area contributed by atoms with E-state index in [1.807, 2.05) is 47.2 Å². The van der Waals surface area contributed by atoms with Crippen molar-refractivity contribution < 1.29 is 9.15 Å². The van der Waals surface area contributed by atoms with Crippen molar-refractivity contribution in [3.05, 3.63) is 118 Å². The molecule has 186 valence electrons. The van der Waals surface area contributed by atoms with Crippen molar-refractivity contribution in [2.45, 2.75) is 19.3 Å². The first kappa shape index (κ1) is 25.2. The molecule has 0 spiro atoms. The van der Waals surface area contributed by atoms with Crippen LogP contribution in [0.4, 0.5) is 0 Å². The van der Waals surface area contributed by atoms with Crippen LogP contribution >= 0.6 is 34.8 Å². The second kappa shape index (κ2) is 11.3. The highest BCUT2D eigenvalue weighted by Gasteiger charge is 2.18. The van der Waals surface area contributed by atoms with Gasteiger partial charge in [0.1, 0.15) is 6.10 Å². The number of hydrogen-bond donors (Lipinski definition) is 0. The molecule has 2 aromatic heterocycles. The molecule has 0 fully saturated rings. The predicted octanol–water partition coefficient (Wildman–Crippen LogP) is 8.16. The molecular weight excluding hydrogens is 531 g/mol. The van der Waals surface area contributed by atoms with Gasteiger partial charge >= 0.3 is 0 Å². The quantitative estimate of drug-likeness (QED) is 0.185. The summed E-state index contributed by atoms with van der Waals surface area (Å²) in [5.74, 6) is 0.790. The van der Waals surface area contributed by atoms with Gasteiger partial charge in [0.25, 0.3) is 0 Å². The van der Waals surface area contributed by atoms with Gasteiger partial charge in [-0.25, -0.2) is 4.98 Å². The molecule has 3 aromatic carbocycles. The minimum atomic E-state index is -0.332.